The molecular weight excluding hydrogens is 348 g/mol. The van der Waals surface area contributed by atoms with Crippen LogP contribution >= 0.6 is 23.4 Å². The summed E-state index contributed by atoms with van der Waals surface area (Å²) in [7, 11) is 1.65. The molecule has 0 aliphatic carbocycles. The van der Waals surface area contributed by atoms with Gasteiger partial charge in [0, 0.05) is 31.5 Å². The highest BCUT2D eigenvalue weighted by molar-refractivity contribution is 7.99. The topological polar surface area (TPSA) is 61.4 Å². The zero-order valence-electron chi connectivity index (χ0n) is 13.2. The second-order valence-electron chi connectivity index (χ2n) is 5.11. The molecule has 0 radical (unpaired) electrons. The summed E-state index contributed by atoms with van der Waals surface area (Å²) in [5, 5.41) is 9.88. The number of fused-ring (bicyclic) bond motifs is 3. The number of benzene rings is 1. The molecule has 0 spiro atoms. The Morgan fingerprint density at radius 2 is 2.17 bits per heavy atom. The Balaban J connectivity index is 2.18. The van der Waals surface area contributed by atoms with Crippen molar-refractivity contribution < 1.29 is 4.74 Å². The van der Waals surface area contributed by atoms with Crippen molar-refractivity contribution in [1.82, 2.24) is 19.2 Å². The molecule has 0 N–H and O–H groups in total. The fourth-order valence-electron chi connectivity index (χ4n) is 2.55. The van der Waals surface area contributed by atoms with E-state index < -0.39 is 0 Å². The molecule has 0 saturated carbocycles. The zero-order chi connectivity index (χ0) is 16.9. The van der Waals surface area contributed by atoms with Crippen LogP contribution < -0.4 is 5.56 Å². The second-order valence-corrected chi connectivity index (χ2v) is 6.35. The van der Waals surface area contributed by atoms with Crippen LogP contribution in [0.25, 0.3) is 16.7 Å². The van der Waals surface area contributed by atoms with E-state index in [1.165, 1.54) is 17.3 Å². The maximum Gasteiger partial charge on any atom is 0.262 e. The molecule has 2 heterocycles. The molecule has 0 fully saturated rings. The molecule has 2 aromatic heterocycles. The van der Waals surface area contributed by atoms with Crippen LogP contribution in [0.5, 0.6) is 0 Å². The molecule has 0 atom stereocenters. The summed E-state index contributed by atoms with van der Waals surface area (Å²) in [6.07, 6.45) is 2.57. The largest absolute Gasteiger partial charge is 0.385 e. The third-order valence-corrected chi connectivity index (χ3v) is 4.67. The summed E-state index contributed by atoms with van der Waals surface area (Å²) >= 11 is 7.09. The van der Waals surface area contributed by atoms with Gasteiger partial charge in [-0.15, -0.1) is 10.2 Å². The standard InChI is InChI=1S/C16H17ClN4O2S/c1-23-10-5-9-20-14(22)12-6-2-3-7-13(12)21-15(20)18-19-16(21)24-11-4-8-17/h2-4,6-8H,5,9-11H2,1H3/b8-4+. The molecule has 3 aromatic rings. The number of rotatable bonds is 7. The molecule has 8 heteroatoms. The van der Waals surface area contributed by atoms with Gasteiger partial charge in [-0.3, -0.25) is 13.8 Å². The van der Waals surface area contributed by atoms with Crippen LogP contribution in [0.1, 0.15) is 6.42 Å². The van der Waals surface area contributed by atoms with E-state index in [1.54, 1.807) is 11.7 Å². The molecule has 6 nitrogen and oxygen atoms in total. The lowest BCUT2D eigenvalue weighted by molar-refractivity contribution is 0.190. The van der Waals surface area contributed by atoms with Crippen LogP contribution in [0.3, 0.4) is 0 Å². The third kappa shape index (κ3) is 3.19. The van der Waals surface area contributed by atoms with Crippen LogP contribution in [0.4, 0.5) is 0 Å². The van der Waals surface area contributed by atoms with Gasteiger partial charge in [-0.1, -0.05) is 41.6 Å². The molecule has 0 bridgehead atoms. The normalized spacial score (nSPS) is 11.9. The molecule has 126 valence electrons. The highest BCUT2D eigenvalue weighted by Crippen LogP contribution is 2.21. The Morgan fingerprint density at radius 1 is 1.33 bits per heavy atom. The first-order valence-electron chi connectivity index (χ1n) is 7.51. The number of aromatic nitrogens is 4. The van der Waals surface area contributed by atoms with Gasteiger partial charge in [0.25, 0.3) is 5.56 Å². The summed E-state index contributed by atoms with van der Waals surface area (Å²) in [5.74, 6) is 1.23. The van der Waals surface area contributed by atoms with Crippen LogP contribution in [0, 0.1) is 0 Å². The van der Waals surface area contributed by atoms with Crippen molar-refractivity contribution in [3.05, 3.63) is 46.2 Å². The number of ether oxygens (including phenoxy) is 1. The molecule has 0 aliphatic rings. The van der Waals surface area contributed by atoms with Gasteiger partial charge in [0.1, 0.15) is 0 Å². The maximum atomic E-state index is 12.8. The van der Waals surface area contributed by atoms with Crippen molar-refractivity contribution in [2.75, 3.05) is 19.5 Å². The maximum absolute atomic E-state index is 12.8. The van der Waals surface area contributed by atoms with E-state index in [9.17, 15) is 4.79 Å². The van der Waals surface area contributed by atoms with Gasteiger partial charge in [-0.2, -0.15) is 0 Å². The highest BCUT2D eigenvalue weighted by Gasteiger charge is 2.16. The van der Waals surface area contributed by atoms with Gasteiger partial charge in [0.15, 0.2) is 5.16 Å². The predicted octanol–water partition coefficient (Wildman–Crippen LogP) is 2.93. The number of para-hydroxylation sites is 1. The molecule has 0 saturated heterocycles. The van der Waals surface area contributed by atoms with Crippen LogP contribution in [-0.2, 0) is 11.3 Å². The quantitative estimate of drug-likeness (QED) is 0.476. The average Bonchev–Trinajstić information content (AvgIpc) is 3.02. The number of aryl methyl sites for hydroxylation is 1. The monoisotopic (exact) mass is 364 g/mol. The SMILES string of the molecule is COCCCn1c(=O)c2ccccc2n2c(SC/C=C/Cl)nnc12. The molecule has 0 unspecified atom stereocenters. The summed E-state index contributed by atoms with van der Waals surface area (Å²) in [6.45, 7) is 1.12. The van der Waals surface area contributed by atoms with Crippen LogP contribution in [0.15, 0.2) is 45.8 Å². The molecule has 0 aliphatic heterocycles. The number of halogens is 1. The number of hydrogen-bond donors (Lipinski definition) is 0. The minimum absolute atomic E-state index is 0.0567. The predicted molar refractivity (Wildman–Crippen MR) is 97.0 cm³/mol. The summed E-state index contributed by atoms with van der Waals surface area (Å²) in [6, 6.07) is 7.51. The minimum atomic E-state index is -0.0567. The summed E-state index contributed by atoms with van der Waals surface area (Å²) < 4.78 is 8.68. The Kier molecular flexibility index (Phi) is 5.55. The average molecular weight is 365 g/mol. The number of nitrogens with zero attached hydrogens (tertiary/aromatic N) is 4. The lowest BCUT2D eigenvalue weighted by Gasteiger charge is -2.10. The van der Waals surface area contributed by atoms with E-state index in [2.05, 4.69) is 10.2 Å². The van der Waals surface area contributed by atoms with E-state index in [-0.39, 0.29) is 5.56 Å². The van der Waals surface area contributed by atoms with Gasteiger partial charge in [0.2, 0.25) is 5.78 Å². The molecule has 1 aromatic carbocycles. The zero-order valence-corrected chi connectivity index (χ0v) is 14.8. The second kappa shape index (κ2) is 7.83. The first-order valence-corrected chi connectivity index (χ1v) is 8.93. The van der Waals surface area contributed by atoms with Gasteiger partial charge in [-0.25, -0.2) is 0 Å². The number of thioether (sulfide) groups is 1. The molecule has 3 rings (SSSR count). The minimum Gasteiger partial charge on any atom is -0.385 e. The van der Waals surface area contributed by atoms with Crippen LogP contribution in [-0.4, -0.2) is 38.6 Å². The summed E-state index contributed by atoms with van der Waals surface area (Å²) in [5.41, 5.74) is 2.23. The van der Waals surface area contributed by atoms with Crippen molar-refractivity contribution in [3.63, 3.8) is 0 Å². The van der Waals surface area contributed by atoms with Crippen molar-refractivity contribution in [1.29, 1.82) is 0 Å². The van der Waals surface area contributed by atoms with Crippen molar-refractivity contribution in [2.45, 2.75) is 18.1 Å². The lowest BCUT2D eigenvalue weighted by Crippen LogP contribution is -2.24. The smallest absolute Gasteiger partial charge is 0.262 e. The van der Waals surface area contributed by atoms with Crippen molar-refractivity contribution in [2.24, 2.45) is 0 Å². The highest BCUT2D eigenvalue weighted by atomic mass is 35.5. The number of hydrogen-bond acceptors (Lipinski definition) is 5. The third-order valence-electron chi connectivity index (χ3n) is 3.61. The first-order chi connectivity index (χ1) is 11.8. The van der Waals surface area contributed by atoms with Crippen molar-refractivity contribution >= 4 is 40.0 Å². The Morgan fingerprint density at radius 3 is 2.96 bits per heavy atom. The van der Waals surface area contributed by atoms with E-state index in [0.29, 0.717) is 30.1 Å². The van der Waals surface area contributed by atoms with E-state index in [4.69, 9.17) is 16.3 Å². The Hall–Kier alpha value is -1.83. The van der Waals surface area contributed by atoms with Crippen LogP contribution in [0.2, 0.25) is 0 Å². The first kappa shape index (κ1) is 17.0. The summed E-state index contributed by atoms with van der Waals surface area (Å²) in [4.78, 5) is 12.8. The molecular formula is C16H17ClN4O2S. The van der Waals surface area contributed by atoms with E-state index >= 15 is 0 Å². The van der Waals surface area contributed by atoms with Gasteiger partial charge < -0.3 is 4.74 Å². The van der Waals surface area contributed by atoms with Gasteiger partial charge >= 0.3 is 0 Å². The molecule has 0 amide bonds. The fraction of sp³-hybridized carbons (Fsp3) is 0.312. The van der Waals surface area contributed by atoms with Crippen molar-refractivity contribution in [3.8, 4) is 0 Å². The van der Waals surface area contributed by atoms with E-state index in [0.717, 1.165) is 17.1 Å². The number of methoxy groups -OCH3 is 1. The van der Waals surface area contributed by atoms with E-state index in [1.807, 2.05) is 34.7 Å². The fourth-order valence-corrected chi connectivity index (χ4v) is 3.50. The van der Waals surface area contributed by atoms with Gasteiger partial charge in [-0.05, 0) is 18.6 Å². The Labute approximate surface area is 148 Å². The Bertz CT molecular complexity index is 935. The molecule has 24 heavy (non-hydrogen) atoms. The van der Waals surface area contributed by atoms with Gasteiger partial charge in [0.05, 0.1) is 10.9 Å². The lowest BCUT2D eigenvalue weighted by atomic mass is 10.2.